The lowest BCUT2D eigenvalue weighted by molar-refractivity contribution is 0.559. The number of nitrogens with zero attached hydrogens (tertiary/aromatic N) is 5. The van der Waals surface area contributed by atoms with Crippen molar-refractivity contribution in [2.24, 2.45) is 4.99 Å². The van der Waals surface area contributed by atoms with Crippen LogP contribution in [0.5, 0.6) is 0 Å². The lowest BCUT2D eigenvalue weighted by atomic mass is 10.0. The summed E-state index contributed by atoms with van der Waals surface area (Å²) >= 11 is 1.66. The molecule has 0 N–H and O–H groups in total. The summed E-state index contributed by atoms with van der Waals surface area (Å²) in [5.74, 6) is 0. The van der Waals surface area contributed by atoms with Gasteiger partial charge in [0.15, 0.2) is 4.80 Å². The topological polar surface area (TPSA) is 48.0 Å². The third kappa shape index (κ3) is 4.60. The molecule has 0 radical (unpaired) electrons. The first-order valence-electron chi connectivity index (χ1n) is 10.6. The highest BCUT2D eigenvalue weighted by Crippen LogP contribution is 2.26. The van der Waals surface area contributed by atoms with Crippen LogP contribution in [0.4, 0.5) is 5.69 Å². The van der Waals surface area contributed by atoms with Crippen LogP contribution in [0.2, 0.25) is 0 Å². The average molecular weight is 438 g/mol. The van der Waals surface area contributed by atoms with Crippen LogP contribution in [-0.4, -0.2) is 19.1 Å². The number of rotatable bonds is 7. The number of hydrogen-bond donors (Lipinski definition) is 0. The quantitative estimate of drug-likeness (QED) is 0.323. The minimum absolute atomic E-state index is 0.865. The second kappa shape index (κ2) is 9.58. The van der Waals surface area contributed by atoms with Crippen molar-refractivity contribution in [3.8, 4) is 22.4 Å². The zero-order valence-corrected chi connectivity index (χ0v) is 18.4. The number of aromatic nitrogens is 4. The number of pyridine rings is 1. The molecule has 0 saturated carbocycles. The van der Waals surface area contributed by atoms with Gasteiger partial charge >= 0.3 is 0 Å². The highest BCUT2D eigenvalue weighted by Gasteiger charge is 2.09. The SMILES string of the molecule is c1ccc(-c2ccc(-c3csc(=Nc4cccnc4)n3CCCn3ccnc3)cc2)cc1. The van der Waals surface area contributed by atoms with E-state index >= 15 is 0 Å². The molecule has 6 heteroatoms. The Balaban J connectivity index is 1.47. The van der Waals surface area contributed by atoms with Gasteiger partial charge in [-0.15, -0.1) is 11.3 Å². The molecule has 3 aromatic heterocycles. The largest absolute Gasteiger partial charge is 0.337 e. The monoisotopic (exact) mass is 437 g/mol. The van der Waals surface area contributed by atoms with Crippen LogP contribution in [0.3, 0.4) is 0 Å². The first-order valence-corrected chi connectivity index (χ1v) is 11.5. The van der Waals surface area contributed by atoms with E-state index in [2.05, 4.69) is 73.0 Å². The van der Waals surface area contributed by atoms with Gasteiger partial charge in [-0.2, -0.15) is 0 Å². The van der Waals surface area contributed by atoms with Gasteiger partial charge in [0.25, 0.3) is 0 Å². The molecule has 0 bridgehead atoms. The minimum Gasteiger partial charge on any atom is -0.337 e. The summed E-state index contributed by atoms with van der Waals surface area (Å²) in [7, 11) is 0. The first-order chi connectivity index (χ1) is 15.9. The molecule has 5 rings (SSSR count). The van der Waals surface area contributed by atoms with E-state index in [4.69, 9.17) is 4.99 Å². The van der Waals surface area contributed by atoms with Gasteiger partial charge in [-0.25, -0.2) is 9.98 Å². The Labute approximate surface area is 191 Å². The summed E-state index contributed by atoms with van der Waals surface area (Å²) in [6.45, 7) is 1.79. The Morgan fingerprint density at radius 3 is 2.34 bits per heavy atom. The molecule has 0 aliphatic heterocycles. The van der Waals surface area contributed by atoms with Crippen molar-refractivity contribution in [1.29, 1.82) is 0 Å². The second-order valence-corrected chi connectivity index (χ2v) is 8.31. The summed E-state index contributed by atoms with van der Waals surface area (Å²) in [4.78, 5) is 14.2. The van der Waals surface area contributed by atoms with E-state index in [9.17, 15) is 0 Å². The van der Waals surface area contributed by atoms with E-state index in [1.54, 1.807) is 23.7 Å². The van der Waals surface area contributed by atoms with Crippen LogP contribution in [0.25, 0.3) is 22.4 Å². The van der Waals surface area contributed by atoms with Crippen LogP contribution in [0, 0.1) is 0 Å². The molecule has 5 aromatic rings. The third-order valence-corrected chi connectivity index (χ3v) is 6.18. The maximum Gasteiger partial charge on any atom is 0.190 e. The minimum atomic E-state index is 0.865. The second-order valence-electron chi connectivity index (χ2n) is 7.48. The summed E-state index contributed by atoms with van der Waals surface area (Å²) in [6, 6.07) is 23.1. The number of hydrogen-bond acceptors (Lipinski definition) is 4. The fourth-order valence-electron chi connectivity index (χ4n) is 3.69. The highest BCUT2D eigenvalue weighted by molar-refractivity contribution is 7.07. The van der Waals surface area contributed by atoms with Crippen molar-refractivity contribution in [2.45, 2.75) is 19.5 Å². The summed E-state index contributed by atoms with van der Waals surface area (Å²) in [6.07, 6.45) is 10.2. The lowest BCUT2D eigenvalue weighted by Gasteiger charge is -2.11. The van der Waals surface area contributed by atoms with Gasteiger partial charge in [0.05, 0.1) is 23.9 Å². The standard InChI is InChI=1S/C26H23N5S/c1-2-6-21(7-3-1)22-9-11-23(12-10-22)25-19-32-26(29-24-8-4-13-27-18-24)31(25)16-5-15-30-17-14-28-20-30/h1-4,6-14,17-20H,5,15-16H2. The zero-order valence-electron chi connectivity index (χ0n) is 17.6. The van der Waals surface area contributed by atoms with E-state index in [1.807, 2.05) is 36.9 Å². The number of imidazole rings is 1. The molecule has 0 unspecified atom stereocenters. The number of thiazole rings is 1. The van der Waals surface area contributed by atoms with Crippen molar-refractivity contribution in [3.05, 3.63) is 108 Å². The summed E-state index contributed by atoms with van der Waals surface area (Å²) in [5, 5.41) is 2.20. The van der Waals surface area contributed by atoms with Crippen LogP contribution >= 0.6 is 11.3 Å². The Kier molecular flexibility index (Phi) is 6.03. The molecule has 0 atom stereocenters. The van der Waals surface area contributed by atoms with Gasteiger partial charge in [0.1, 0.15) is 0 Å². The third-order valence-electron chi connectivity index (χ3n) is 5.31. The molecule has 5 nitrogen and oxygen atoms in total. The van der Waals surface area contributed by atoms with E-state index in [-0.39, 0.29) is 0 Å². The van der Waals surface area contributed by atoms with Crippen molar-refractivity contribution in [3.63, 3.8) is 0 Å². The lowest BCUT2D eigenvalue weighted by Crippen LogP contribution is -2.17. The molecule has 32 heavy (non-hydrogen) atoms. The van der Waals surface area contributed by atoms with Gasteiger partial charge in [-0.3, -0.25) is 4.98 Å². The normalized spacial score (nSPS) is 11.7. The molecule has 158 valence electrons. The van der Waals surface area contributed by atoms with Gasteiger partial charge in [-0.05, 0) is 35.2 Å². The Morgan fingerprint density at radius 2 is 1.59 bits per heavy atom. The van der Waals surface area contributed by atoms with Crippen molar-refractivity contribution < 1.29 is 0 Å². The maximum atomic E-state index is 4.87. The molecule has 0 amide bonds. The molecular weight excluding hydrogens is 414 g/mol. The van der Waals surface area contributed by atoms with Gasteiger partial charge < -0.3 is 9.13 Å². The van der Waals surface area contributed by atoms with E-state index in [0.29, 0.717) is 0 Å². The zero-order chi connectivity index (χ0) is 21.6. The maximum absolute atomic E-state index is 4.87. The van der Waals surface area contributed by atoms with Crippen LogP contribution in [0.1, 0.15) is 6.42 Å². The Morgan fingerprint density at radius 1 is 0.781 bits per heavy atom. The van der Waals surface area contributed by atoms with Gasteiger partial charge in [-0.1, -0.05) is 54.6 Å². The van der Waals surface area contributed by atoms with E-state index in [0.717, 1.165) is 30.0 Å². The van der Waals surface area contributed by atoms with Gasteiger partial charge in [0.2, 0.25) is 0 Å². The predicted octanol–water partition coefficient (Wildman–Crippen LogP) is 5.80. The molecule has 0 aliphatic rings. The van der Waals surface area contributed by atoms with Crippen molar-refractivity contribution in [2.75, 3.05) is 0 Å². The Hall–Kier alpha value is -3.77. The summed E-state index contributed by atoms with van der Waals surface area (Å²) < 4.78 is 4.42. The average Bonchev–Trinajstić information content (AvgIpc) is 3.51. The molecule has 0 fully saturated rings. The van der Waals surface area contributed by atoms with Crippen LogP contribution in [0.15, 0.2) is 108 Å². The van der Waals surface area contributed by atoms with Crippen molar-refractivity contribution in [1.82, 2.24) is 19.1 Å². The molecule has 0 saturated heterocycles. The summed E-state index contributed by atoms with van der Waals surface area (Å²) in [5.41, 5.74) is 5.68. The molecule has 0 aliphatic carbocycles. The fraction of sp³-hybridized carbons (Fsp3) is 0.115. The molecular formula is C26H23N5S. The molecule has 2 aromatic carbocycles. The number of aryl methyl sites for hydroxylation is 1. The van der Waals surface area contributed by atoms with Crippen LogP contribution in [-0.2, 0) is 13.1 Å². The van der Waals surface area contributed by atoms with E-state index in [1.165, 1.54) is 22.4 Å². The predicted molar refractivity (Wildman–Crippen MR) is 129 cm³/mol. The molecule has 3 heterocycles. The van der Waals surface area contributed by atoms with E-state index < -0.39 is 0 Å². The van der Waals surface area contributed by atoms with Gasteiger partial charge in [0, 0.05) is 37.1 Å². The first kappa shape index (κ1) is 20.2. The smallest absolute Gasteiger partial charge is 0.190 e. The van der Waals surface area contributed by atoms with Crippen molar-refractivity contribution >= 4 is 17.0 Å². The fourth-order valence-corrected chi connectivity index (χ4v) is 4.65. The van der Waals surface area contributed by atoms with Crippen LogP contribution < -0.4 is 4.80 Å². The molecule has 0 spiro atoms. The highest BCUT2D eigenvalue weighted by atomic mass is 32.1. The Bertz CT molecular complexity index is 1320. The number of benzene rings is 2.